The Balaban J connectivity index is 2.29. The van der Waals surface area contributed by atoms with E-state index in [-0.39, 0.29) is 12.5 Å². The molecule has 0 saturated carbocycles. The maximum atomic E-state index is 12.2. The quantitative estimate of drug-likeness (QED) is 0.921. The molecule has 0 unspecified atom stereocenters. The molecule has 0 radical (unpaired) electrons. The lowest BCUT2D eigenvalue weighted by molar-refractivity contribution is 0.0698. The van der Waals surface area contributed by atoms with Crippen molar-refractivity contribution < 1.29 is 14.6 Å². The van der Waals surface area contributed by atoms with E-state index in [4.69, 9.17) is 4.74 Å². The lowest BCUT2D eigenvalue weighted by Crippen LogP contribution is -2.33. The summed E-state index contributed by atoms with van der Waals surface area (Å²) in [6.45, 7) is 1.92. The number of nitrogens with zero attached hydrogens (tertiary/aromatic N) is 2. The number of fused-ring (bicyclic) bond motifs is 1. The first-order valence-corrected chi connectivity index (χ1v) is 6.39. The zero-order valence-electron chi connectivity index (χ0n) is 11.8. The number of carbonyl (C=O) groups is 1. The van der Waals surface area contributed by atoms with Crippen molar-refractivity contribution in [2.24, 2.45) is 0 Å². The molecule has 1 N–H and O–H groups in total. The Hall–Kier alpha value is -2.14. The number of aliphatic hydroxyl groups excluding tert-OH is 1. The molecule has 0 saturated heterocycles. The molecule has 1 aromatic carbocycles. The highest BCUT2D eigenvalue weighted by molar-refractivity contribution is 5.94. The van der Waals surface area contributed by atoms with Gasteiger partial charge in [-0.3, -0.25) is 4.79 Å². The molecule has 2 aromatic rings. The molecular formula is C15H18N2O3. The van der Waals surface area contributed by atoms with Gasteiger partial charge in [-0.25, -0.2) is 4.98 Å². The SMILES string of the molecule is COc1ccc2nc(C(=O)N(C)C[C@@H](C)O)ccc2c1. The molecule has 20 heavy (non-hydrogen) atoms. The molecule has 0 spiro atoms. The van der Waals surface area contributed by atoms with Crippen LogP contribution in [0.15, 0.2) is 30.3 Å². The van der Waals surface area contributed by atoms with Crippen LogP contribution in [0.25, 0.3) is 10.9 Å². The van der Waals surface area contributed by atoms with Crippen molar-refractivity contribution in [3.8, 4) is 5.75 Å². The first-order valence-electron chi connectivity index (χ1n) is 6.39. The monoisotopic (exact) mass is 274 g/mol. The lowest BCUT2D eigenvalue weighted by atomic mass is 10.2. The van der Waals surface area contributed by atoms with Crippen LogP contribution < -0.4 is 4.74 Å². The van der Waals surface area contributed by atoms with E-state index in [9.17, 15) is 9.90 Å². The number of carbonyl (C=O) groups excluding carboxylic acids is 1. The maximum Gasteiger partial charge on any atom is 0.272 e. The van der Waals surface area contributed by atoms with E-state index in [1.165, 1.54) is 4.90 Å². The third-order valence-electron chi connectivity index (χ3n) is 3.00. The molecule has 5 nitrogen and oxygen atoms in total. The number of ether oxygens (including phenoxy) is 1. The molecule has 1 heterocycles. The summed E-state index contributed by atoms with van der Waals surface area (Å²) in [5.41, 5.74) is 1.10. The van der Waals surface area contributed by atoms with Gasteiger partial charge in [0.15, 0.2) is 0 Å². The van der Waals surface area contributed by atoms with Gasteiger partial charge in [0.25, 0.3) is 5.91 Å². The van der Waals surface area contributed by atoms with Crippen molar-refractivity contribution in [1.82, 2.24) is 9.88 Å². The van der Waals surface area contributed by atoms with Crippen LogP contribution in [0.2, 0.25) is 0 Å². The average Bonchev–Trinajstić information content (AvgIpc) is 2.44. The van der Waals surface area contributed by atoms with Crippen LogP contribution in [-0.4, -0.2) is 47.7 Å². The van der Waals surface area contributed by atoms with Gasteiger partial charge in [-0.05, 0) is 31.2 Å². The number of methoxy groups -OCH3 is 1. The molecule has 1 aromatic heterocycles. The predicted octanol–water partition coefficient (Wildman–Crippen LogP) is 1.70. The van der Waals surface area contributed by atoms with Crippen LogP contribution in [0.3, 0.4) is 0 Å². The maximum absolute atomic E-state index is 12.2. The first kappa shape index (κ1) is 14.3. The summed E-state index contributed by atoms with van der Waals surface area (Å²) in [6, 6.07) is 9.02. The molecule has 0 aliphatic rings. The fraction of sp³-hybridized carbons (Fsp3) is 0.333. The van der Waals surface area contributed by atoms with Crippen molar-refractivity contribution in [2.45, 2.75) is 13.0 Å². The summed E-state index contributed by atoms with van der Waals surface area (Å²) in [5.74, 6) is 0.549. The zero-order valence-corrected chi connectivity index (χ0v) is 11.8. The Labute approximate surface area is 117 Å². The summed E-state index contributed by atoms with van der Waals surface area (Å²) in [5, 5.41) is 10.2. The standard InChI is InChI=1S/C15H18N2O3/c1-10(18)9-17(2)15(19)14-6-4-11-8-12(20-3)5-7-13(11)16-14/h4-8,10,18H,9H2,1-3H3/t10-/m1/s1. The van der Waals surface area contributed by atoms with Gasteiger partial charge in [-0.15, -0.1) is 0 Å². The van der Waals surface area contributed by atoms with Crippen LogP contribution in [0.1, 0.15) is 17.4 Å². The van der Waals surface area contributed by atoms with Crippen LogP contribution >= 0.6 is 0 Å². The minimum Gasteiger partial charge on any atom is -0.497 e. The van der Waals surface area contributed by atoms with Crippen LogP contribution in [0.4, 0.5) is 0 Å². The van der Waals surface area contributed by atoms with Crippen molar-refractivity contribution in [3.05, 3.63) is 36.0 Å². The van der Waals surface area contributed by atoms with Crippen LogP contribution in [-0.2, 0) is 0 Å². The number of hydrogen-bond acceptors (Lipinski definition) is 4. The van der Waals surface area contributed by atoms with Crippen molar-refractivity contribution in [2.75, 3.05) is 20.7 Å². The first-order chi connectivity index (χ1) is 9.51. The van der Waals surface area contributed by atoms with Gasteiger partial charge in [0.1, 0.15) is 11.4 Å². The summed E-state index contributed by atoms with van der Waals surface area (Å²) in [4.78, 5) is 18.0. The Morgan fingerprint density at radius 3 is 2.80 bits per heavy atom. The van der Waals surface area contributed by atoms with E-state index < -0.39 is 6.10 Å². The molecule has 2 rings (SSSR count). The molecule has 5 heteroatoms. The van der Waals surface area contributed by atoms with Gasteiger partial charge < -0.3 is 14.7 Å². The molecule has 0 bridgehead atoms. The van der Waals surface area contributed by atoms with Gasteiger partial charge >= 0.3 is 0 Å². The van der Waals surface area contributed by atoms with Gasteiger partial charge in [-0.2, -0.15) is 0 Å². The van der Waals surface area contributed by atoms with E-state index in [1.54, 1.807) is 27.1 Å². The summed E-state index contributed by atoms with van der Waals surface area (Å²) >= 11 is 0. The highest BCUT2D eigenvalue weighted by Gasteiger charge is 2.15. The Kier molecular flexibility index (Phi) is 4.20. The average molecular weight is 274 g/mol. The second-order valence-electron chi connectivity index (χ2n) is 4.79. The second kappa shape index (κ2) is 5.88. The third kappa shape index (κ3) is 3.05. The Morgan fingerprint density at radius 1 is 1.40 bits per heavy atom. The number of rotatable bonds is 4. The third-order valence-corrected chi connectivity index (χ3v) is 3.00. The van der Waals surface area contributed by atoms with Crippen molar-refractivity contribution in [1.29, 1.82) is 0 Å². The topological polar surface area (TPSA) is 62.7 Å². The number of aromatic nitrogens is 1. The van der Waals surface area contributed by atoms with E-state index in [0.29, 0.717) is 5.69 Å². The van der Waals surface area contributed by atoms with Crippen LogP contribution in [0.5, 0.6) is 5.75 Å². The number of pyridine rings is 1. The molecule has 0 fully saturated rings. The Morgan fingerprint density at radius 2 is 2.15 bits per heavy atom. The van der Waals surface area contributed by atoms with Gasteiger partial charge in [0.2, 0.25) is 0 Å². The minimum atomic E-state index is -0.561. The minimum absolute atomic E-state index is 0.205. The number of hydrogen-bond donors (Lipinski definition) is 1. The molecule has 0 aliphatic heterocycles. The Bertz CT molecular complexity index is 626. The molecule has 1 amide bonds. The smallest absolute Gasteiger partial charge is 0.272 e. The highest BCUT2D eigenvalue weighted by atomic mass is 16.5. The van der Waals surface area contributed by atoms with Crippen molar-refractivity contribution >= 4 is 16.8 Å². The number of likely N-dealkylation sites (N-methyl/N-ethyl adjacent to an activating group) is 1. The summed E-state index contributed by atoms with van der Waals surface area (Å²) < 4.78 is 5.15. The van der Waals surface area contributed by atoms with Gasteiger partial charge in [-0.1, -0.05) is 6.07 Å². The lowest BCUT2D eigenvalue weighted by Gasteiger charge is -2.18. The van der Waals surface area contributed by atoms with E-state index in [1.807, 2.05) is 24.3 Å². The van der Waals surface area contributed by atoms with E-state index >= 15 is 0 Å². The summed E-state index contributed by atoms with van der Waals surface area (Å²) in [6.07, 6.45) is -0.561. The second-order valence-corrected chi connectivity index (χ2v) is 4.79. The summed E-state index contributed by atoms with van der Waals surface area (Å²) in [7, 11) is 3.26. The number of benzene rings is 1. The fourth-order valence-electron chi connectivity index (χ4n) is 2.02. The van der Waals surface area contributed by atoms with Crippen LogP contribution in [0, 0.1) is 0 Å². The fourth-order valence-corrected chi connectivity index (χ4v) is 2.02. The van der Waals surface area contributed by atoms with Gasteiger partial charge in [0, 0.05) is 19.0 Å². The predicted molar refractivity (Wildman–Crippen MR) is 76.9 cm³/mol. The highest BCUT2D eigenvalue weighted by Crippen LogP contribution is 2.19. The molecular weight excluding hydrogens is 256 g/mol. The van der Waals surface area contributed by atoms with Crippen molar-refractivity contribution in [3.63, 3.8) is 0 Å². The number of aliphatic hydroxyl groups is 1. The molecule has 106 valence electrons. The zero-order chi connectivity index (χ0) is 14.7. The van der Waals surface area contributed by atoms with E-state index in [0.717, 1.165) is 16.7 Å². The molecule has 1 atom stereocenters. The number of amides is 1. The molecule has 0 aliphatic carbocycles. The van der Waals surface area contributed by atoms with Gasteiger partial charge in [0.05, 0.1) is 18.7 Å². The normalized spacial score (nSPS) is 12.2. The largest absolute Gasteiger partial charge is 0.497 e. The van der Waals surface area contributed by atoms with E-state index in [2.05, 4.69) is 4.98 Å².